The molecule has 0 aromatic rings. The third-order valence-corrected chi connectivity index (χ3v) is 2.56. The summed E-state index contributed by atoms with van der Waals surface area (Å²) in [6, 6.07) is 1.87. The summed E-state index contributed by atoms with van der Waals surface area (Å²) in [5.74, 6) is -0.144. The molecule has 1 rings (SSSR count). The third-order valence-electron chi connectivity index (χ3n) is 2.56. The number of amides is 1. The molecule has 1 amide bonds. The monoisotopic (exact) mass is 226 g/mol. The van der Waals surface area contributed by atoms with Crippen molar-refractivity contribution in [3.05, 3.63) is 0 Å². The van der Waals surface area contributed by atoms with Crippen LogP contribution in [0.15, 0.2) is 0 Å². The van der Waals surface area contributed by atoms with E-state index in [0.717, 1.165) is 0 Å². The first-order valence-corrected chi connectivity index (χ1v) is 5.60. The number of ether oxygens (including phenoxy) is 2. The van der Waals surface area contributed by atoms with Gasteiger partial charge in [0.15, 0.2) is 0 Å². The van der Waals surface area contributed by atoms with Gasteiger partial charge in [-0.05, 0) is 13.8 Å². The highest BCUT2D eigenvalue weighted by atomic mass is 16.5. The van der Waals surface area contributed by atoms with Gasteiger partial charge in [0.05, 0.1) is 6.07 Å². The molecule has 1 fully saturated rings. The fourth-order valence-corrected chi connectivity index (χ4v) is 1.88. The number of nitrogens with zero attached hydrogens (tertiary/aromatic N) is 2. The van der Waals surface area contributed by atoms with Gasteiger partial charge in [0.25, 0.3) is 0 Å². The standard InChI is InChI=1S/C11H18N2O3/c1-3-15-9-7-13(11(14)5-6-12)8-10(9)16-4-2/h9-10H,3-5,7-8H2,1-2H3/t9-,10-/m1/s1. The molecule has 0 saturated carbocycles. The minimum atomic E-state index is -0.144. The zero-order valence-electron chi connectivity index (χ0n) is 9.81. The number of carbonyl (C=O) groups excluding carboxylic acids is 1. The number of rotatable bonds is 5. The van der Waals surface area contributed by atoms with E-state index in [9.17, 15) is 4.79 Å². The van der Waals surface area contributed by atoms with E-state index < -0.39 is 0 Å². The average molecular weight is 226 g/mol. The van der Waals surface area contributed by atoms with E-state index in [1.807, 2.05) is 19.9 Å². The highest BCUT2D eigenvalue weighted by Crippen LogP contribution is 2.17. The molecule has 0 radical (unpaired) electrons. The molecule has 2 atom stereocenters. The van der Waals surface area contributed by atoms with Crippen LogP contribution in [-0.4, -0.2) is 49.3 Å². The zero-order chi connectivity index (χ0) is 12.0. The Morgan fingerprint density at radius 2 is 1.81 bits per heavy atom. The van der Waals surface area contributed by atoms with Crippen molar-refractivity contribution in [2.24, 2.45) is 0 Å². The maximum absolute atomic E-state index is 11.5. The second-order valence-electron chi connectivity index (χ2n) is 3.62. The largest absolute Gasteiger partial charge is 0.374 e. The highest BCUT2D eigenvalue weighted by molar-refractivity contribution is 5.78. The Balaban J connectivity index is 2.54. The fourth-order valence-electron chi connectivity index (χ4n) is 1.88. The minimum absolute atomic E-state index is 0.0624. The van der Waals surface area contributed by atoms with Crippen LogP contribution in [0, 0.1) is 11.3 Å². The van der Waals surface area contributed by atoms with Crippen molar-refractivity contribution in [1.82, 2.24) is 4.90 Å². The number of hydrogen-bond acceptors (Lipinski definition) is 4. The van der Waals surface area contributed by atoms with Gasteiger partial charge < -0.3 is 14.4 Å². The maximum atomic E-state index is 11.5. The van der Waals surface area contributed by atoms with E-state index in [-0.39, 0.29) is 24.5 Å². The van der Waals surface area contributed by atoms with Crippen LogP contribution >= 0.6 is 0 Å². The van der Waals surface area contributed by atoms with E-state index in [0.29, 0.717) is 26.3 Å². The van der Waals surface area contributed by atoms with Crippen LogP contribution in [-0.2, 0) is 14.3 Å². The van der Waals surface area contributed by atoms with Gasteiger partial charge in [-0.15, -0.1) is 0 Å². The molecule has 5 nitrogen and oxygen atoms in total. The van der Waals surface area contributed by atoms with Crippen molar-refractivity contribution >= 4 is 5.91 Å². The first-order chi connectivity index (χ1) is 7.72. The van der Waals surface area contributed by atoms with E-state index in [1.165, 1.54) is 0 Å². The van der Waals surface area contributed by atoms with E-state index in [4.69, 9.17) is 14.7 Å². The van der Waals surface area contributed by atoms with E-state index in [2.05, 4.69) is 0 Å². The lowest BCUT2D eigenvalue weighted by Gasteiger charge is -2.17. The SMILES string of the molecule is CCO[C@@H]1CN(C(=O)CC#N)C[C@H]1OCC. The number of nitriles is 1. The Bertz CT molecular complexity index is 261. The quantitative estimate of drug-likeness (QED) is 0.687. The van der Waals surface area contributed by atoms with Crippen LogP contribution in [0.1, 0.15) is 20.3 Å². The average Bonchev–Trinajstić information content (AvgIpc) is 2.64. The van der Waals surface area contributed by atoms with Crippen LogP contribution in [0.5, 0.6) is 0 Å². The lowest BCUT2D eigenvalue weighted by Crippen LogP contribution is -2.29. The maximum Gasteiger partial charge on any atom is 0.236 e. The topological polar surface area (TPSA) is 62.6 Å². The molecule has 1 aliphatic heterocycles. The summed E-state index contributed by atoms with van der Waals surface area (Å²) >= 11 is 0. The molecule has 0 N–H and O–H groups in total. The summed E-state index contributed by atoms with van der Waals surface area (Å²) in [6.45, 7) is 6.10. The summed E-state index contributed by atoms with van der Waals surface area (Å²) in [6.07, 6.45) is -0.197. The number of hydrogen-bond donors (Lipinski definition) is 0. The number of carbonyl (C=O) groups is 1. The molecule has 0 aromatic heterocycles. The van der Waals surface area contributed by atoms with Crippen molar-refractivity contribution in [2.45, 2.75) is 32.5 Å². The van der Waals surface area contributed by atoms with Crippen molar-refractivity contribution in [2.75, 3.05) is 26.3 Å². The highest BCUT2D eigenvalue weighted by Gasteiger charge is 2.35. The van der Waals surface area contributed by atoms with Crippen LogP contribution < -0.4 is 0 Å². The van der Waals surface area contributed by atoms with Gasteiger partial charge in [0, 0.05) is 26.3 Å². The molecule has 16 heavy (non-hydrogen) atoms. The minimum Gasteiger partial charge on any atom is -0.374 e. The van der Waals surface area contributed by atoms with Crippen LogP contribution in [0.2, 0.25) is 0 Å². The predicted molar refractivity (Wildman–Crippen MR) is 57.6 cm³/mol. The molecule has 0 bridgehead atoms. The van der Waals surface area contributed by atoms with Gasteiger partial charge in [0.2, 0.25) is 5.91 Å². The molecule has 0 aromatic carbocycles. The first-order valence-electron chi connectivity index (χ1n) is 5.60. The first kappa shape index (κ1) is 12.9. The van der Waals surface area contributed by atoms with Crippen LogP contribution in [0.4, 0.5) is 0 Å². The molecule has 0 spiro atoms. The summed E-state index contributed by atoms with van der Waals surface area (Å²) in [4.78, 5) is 13.2. The zero-order valence-corrected chi connectivity index (χ0v) is 9.81. The summed E-state index contributed by atoms with van der Waals surface area (Å²) < 4.78 is 11.0. The molecule has 1 heterocycles. The Hall–Kier alpha value is -1.12. The van der Waals surface area contributed by atoms with Gasteiger partial charge in [-0.3, -0.25) is 4.79 Å². The molecule has 1 saturated heterocycles. The van der Waals surface area contributed by atoms with Crippen molar-refractivity contribution in [1.29, 1.82) is 5.26 Å². The van der Waals surface area contributed by atoms with Crippen molar-refractivity contribution in [3.63, 3.8) is 0 Å². The lowest BCUT2D eigenvalue weighted by molar-refractivity contribution is -0.129. The Morgan fingerprint density at radius 1 is 1.31 bits per heavy atom. The third kappa shape index (κ3) is 3.19. The van der Waals surface area contributed by atoms with Crippen LogP contribution in [0.3, 0.4) is 0 Å². The Kier molecular flexibility index (Phi) is 5.23. The van der Waals surface area contributed by atoms with E-state index in [1.54, 1.807) is 4.90 Å². The normalized spacial score (nSPS) is 24.4. The Labute approximate surface area is 95.9 Å². The van der Waals surface area contributed by atoms with Gasteiger partial charge in [-0.1, -0.05) is 0 Å². The Morgan fingerprint density at radius 3 is 2.19 bits per heavy atom. The van der Waals surface area contributed by atoms with Gasteiger partial charge in [-0.25, -0.2) is 0 Å². The fraction of sp³-hybridized carbons (Fsp3) is 0.818. The van der Waals surface area contributed by atoms with Gasteiger partial charge in [-0.2, -0.15) is 5.26 Å². The summed E-state index contributed by atoms with van der Waals surface area (Å²) in [7, 11) is 0. The summed E-state index contributed by atoms with van der Waals surface area (Å²) in [5, 5.41) is 8.48. The predicted octanol–water partition coefficient (Wildman–Crippen LogP) is 0.552. The second-order valence-corrected chi connectivity index (χ2v) is 3.62. The van der Waals surface area contributed by atoms with Crippen molar-refractivity contribution < 1.29 is 14.3 Å². The molecule has 0 unspecified atom stereocenters. The molecular weight excluding hydrogens is 208 g/mol. The lowest BCUT2D eigenvalue weighted by atomic mass is 10.2. The molecular formula is C11H18N2O3. The number of likely N-dealkylation sites (tertiary alicyclic amines) is 1. The van der Waals surface area contributed by atoms with Gasteiger partial charge >= 0.3 is 0 Å². The van der Waals surface area contributed by atoms with Crippen molar-refractivity contribution in [3.8, 4) is 6.07 Å². The molecule has 90 valence electrons. The van der Waals surface area contributed by atoms with E-state index >= 15 is 0 Å². The summed E-state index contributed by atoms with van der Waals surface area (Å²) in [5.41, 5.74) is 0. The van der Waals surface area contributed by atoms with Gasteiger partial charge in [0.1, 0.15) is 18.6 Å². The smallest absolute Gasteiger partial charge is 0.236 e. The molecule has 5 heteroatoms. The molecule has 1 aliphatic rings. The second kappa shape index (κ2) is 6.46. The molecule has 0 aliphatic carbocycles. The van der Waals surface area contributed by atoms with Crippen LogP contribution in [0.25, 0.3) is 0 Å².